The van der Waals surface area contributed by atoms with E-state index in [1.807, 2.05) is 63.4 Å². The highest BCUT2D eigenvalue weighted by Crippen LogP contribution is 2.19. The minimum atomic E-state index is -0.115. The average Bonchev–Trinajstić information content (AvgIpc) is 2.80. The molecule has 3 rings (SSSR count). The second kappa shape index (κ2) is 5.09. The molecule has 3 nitrogen and oxygen atoms in total. The summed E-state index contributed by atoms with van der Waals surface area (Å²) in [6, 6.07) is 14.3. The number of benzene rings is 2. The average molecular weight is 278 g/mol. The molecule has 0 aliphatic carbocycles. The fourth-order valence-electron chi connectivity index (χ4n) is 2.56. The molecule has 2 aromatic carbocycles. The van der Waals surface area contributed by atoms with Gasteiger partial charge in [0.05, 0.1) is 11.4 Å². The number of aryl methyl sites for hydroxylation is 3. The summed E-state index contributed by atoms with van der Waals surface area (Å²) in [5.74, 6) is 0. The Labute approximate surface area is 123 Å². The van der Waals surface area contributed by atoms with Gasteiger partial charge in [0.2, 0.25) is 0 Å². The molecule has 3 aromatic rings. The maximum Gasteiger partial charge on any atom is 0.330 e. The van der Waals surface area contributed by atoms with Crippen molar-refractivity contribution in [2.75, 3.05) is 0 Å². The lowest BCUT2D eigenvalue weighted by Gasteiger charge is -2.04. The van der Waals surface area contributed by atoms with Gasteiger partial charge in [-0.25, -0.2) is 4.79 Å². The van der Waals surface area contributed by atoms with E-state index in [1.165, 1.54) is 5.56 Å². The van der Waals surface area contributed by atoms with E-state index in [2.05, 4.69) is 11.1 Å². The van der Waals surface area contributed by atoms with Crippen LogP contribution in [0.15, 0.2) is 53.5 Å². The van der Waals surface area contributed by atoms with Gasteiger partial charge in [0.15, 0.2) is 0 Å². The first-order chi connectivity index (χ1) is 10.0. The number of aromatic nitrogens is 2. The van der Waals surface area contributed by atoms with Crippen molar-refractivity contribution < 1.29 is 0 Å². The predicted molar refractivity (Wildman–Crippen MR) is 86.0 cm³/mol. The molecule has 0 aliphatic rings. The molecule has 0 radical (unpaired) electrons. The van der Waals surface area contributed by atoms with Crippen LogP contribution < -0.4 is 5.69 Å². The zero-order chi connectivity index (χ0) is 15.0. The van der Waals surface area contributed by atoms with Gasteiger partial charge >= 0.3 is 5.69 Å². The van der Waals surface area contributed by atoms with Crippen molar-refractivity contribution in [3.05, 3.63) is 75.8 Å². The molecular formula is C18H18N2O. The summed E-state index contributed by atoms with van der Waals surface area (Å²) in [6.07, 6.45) is 1.86. The van der Waals surface area contributed by atoms with Crippen molar-refractivity contribution in [3.8, 4) is 16.9 Å². The van der Waals surface area contributed by atoms with Crippen LogP contribution in [0.3, 0.4) is 0 Å². The Morgan fingerprint density at radius 3 is 2.10 bits per heavy atom. The van der Waals surface area contributed by atoms with Gasteiger partial charge < -0.3 is 4.98 Å². The van der Waals surface area contributed by atoms with Crippen LogP contribution >= 0.6 is 0 Å². The summed E-state index contributed by atoms with van der Waals surface area (Å²) in [5.41, 5.74) is 6.13. The second-order valence-electron chi connectivity index (χ2n) is 5.55. The SMILES string of the molecule is Cc1ccc(-c2cn(-c3cc(C)cc(C)c3)c(=O)[nH]2)cc1. The summed E-state index contributed by atoms with van der Waals surface area (Å²) >= 11 is 0. The molecule has 0 atom stereocenters. The van der Waals surface area contributed by atoms with Crippen LogP contribution in [0.4, 0.5) is 0 Å². The largest absolute Gasteiger partial charge is 0.330 e. The van der Waals surface area contributed by atoms with Gasteiger partial charge in [-0.3, -0.25) is 4.57 Å². The molecule has 0 amide bonds. The molecule has 0 spiro atoms. The standard InChI is InChI=1S/C18H18N2O/c1-12-4-6-15(7-5-12)17-11-20(18(21)19-17)16-9-13(2)8-14(3)10-16/h4-11H,1-3H3,(H,19,21). The highest BCUT2D eigenvalue weighted by molar-refractivity contribution is 5.59. The summed E-state index contributed by atoms with van der Waals surface area (Å²) in [6.45, 7) is 6.12. The third-order valence-electron chi connectivity index (χ3n) is 3.57. The lowest BCUT2D eigenvalue weighted by molar-refractivity contribution is 0.982. The number of rotatable bonds is 2. The summed E-state index contributed by atoms with van der Waals surface area (Å²) in [4.78, 5) is 15.1. The second-order valence-corrected chi connectivity index (χ2v) is 5.55. The van der Waals surface area contributed by atoms with Crippen LogP contribution in [0.1, 0.15) is 16.7 Å². The van der Waals surface area contributed by atoms with E-state index in [0.717, 1.165) is 28.1 Å². The highest BCUT2D eigenvalue weighted by atomic mass is 16.1. The topological polar surface area (TPSA) is 37.8 Å². The molecule has 0 unspecified atom stereocenters. The lowest BCUT2D eigenvalue weighted by Crippen LogP contribution is -2.14. The highest BCUT2D eigenvalue weighted by Gasteiger charge is 2.07. The van der Waals surface area contributed by atoms with Crippen LogP contribution in [0.5, 0.6) is 0 Å². The minimum Gasteiger partial charge on any atom is -0.305 e. The van der Waals surface area contributed by atoms with Gasteiger partial charge in [0, 0.05) is 6.20 Å². The van der Waals surface area contributed by atoms with E-state index in [9.17, 15) is 4.79 Å². The molecule has 0 aliphatic heterocycles. The van der Waals surface area contributed by atoms with E-state index in [4.69, 9.17) is 0 Å². The van der Waals surface area contributed by atoms with Gasteiger partial charge in [-0.05, 0) is 49.6 Å². The molecule has 0 saturated carbocycles. The van der Waals surface area contributed by atoms with Gasteiger partial charge in [0.1, 0.15) is 0 Å². The zero-order valence-corrected chi connectivity index (χ0v) is 12.5. The normalized spacial score (nSPS) is 10.8. The van der Waals surface area contributed by atoms with Gasteiger partial charge in [-0.2, -0.15) is 0 Å². The van der Waals surface area contributed by atoms with Crippen LogP contribution in [0.2, 0.25) is 0 Å². The van der Waals surface area contributed by atoms with Crippen molar-refractivity contribution >= 4 is 0 Å². The van der Waals surface area contributed by atoms with Crippen LogP contribution in [0, 0.1) is 20.8 Å². The quantitative estimate of drug-likeness (QED) is 0.761. The Morgan fingerprint density at radius 1 is 0.857 bits per heavy atom. The smallest absolute Gasteiger partial charge is 0.305 e. The number of H-pyrrole nitrogens is 1. The van der Waals surface area contributed by atoms with E-state index < -0.39 is 0 Å². The molecule has 106 valence electrons. The van der Waals surface area contributed by atoms with Crippen molar-refractivity contribution in [2.24, 2.45) is 0 Å². The van der Waals surface area contributed by atoms with Crippen molar-refractivity contribution in [2.45, 2.75) is 20.8 Å². The van der Waals surface area contributed by atoms with Gasteiger partial charge in [-0.1, -0.05) is 35.9 Å². The fourth-order valence-corrected chi connectivity index (χ4v) is 2.56. The zero-order valence-electron chi connectivity index (χ0n) is 12.5. The molecule has 21 heavy (non-hydrogen) atoms. The van der Waals surface area contributed by atoms with Crippen LogP contribution in [-0.2, 0) is 0 Å². The van der Waals surface area contributed by atoms with Gasteiger partial charge in [0.25, 0.3) is 0 Å². The first kappa shape index (κ1) is 13.4. The number of hydrogen-bond donors (Lipinski definition) is 1. The van der Waals surface area contributed by atoms with E-state index in [-0.39, 0.29) is 5.69 Å². The maximum absolute atomic E-state index is 12.2. The molecule has 0 saturated heterocycles. The third-order valence-corrected chi connectivity index (χ3v) is 3.57. The first-order valence-electron chi connectivity index (χ1n) is 7.00. The molecule has 1 heterocycles. The molecule has 0 bridgehead atoms. The third kappa shape index (κ3) is 2.68. The first-order valence-corrected chi connectivity index (χ1v) is 7.00. The molecule has 0 fully saturated rings. The van der Waals surface area contributed by atoms with Crippen molar-refractivity contribution in [1.82, 2.24) is 9.55 Å². The molecule has 1 N–H and O–H groups in total. The predicted octanol–water partition coefficient (Wildman–Crippen LogP) is 3.76. The van der Waals surface area contributed by atoms with Crippen molar-refractivity contribution in [3.63, 3.8) is 0 Å². The van der Waals surface area contributed by atoms with E-state index in [1.54, 1.807) is 4.57 Å². The Morgan fingerprint density at radius 2 is 1.48 bits per heavy atom. The molecule has 3 heteroatoms. The van der Waals surface area contributed by atoms with Crippen LogP contribution in [0.25, 0.3) is 16.9 Å². The number of hydrogen-bond acceptors (Lipinski definition) is 1. The Bertz CT molecular complexity index is 818. The monoisotopic (exact) mass is 278 g/mol. The maximum atomic E-state index is 12.2. The number of nitrogens with one attached hydrogen (secondary N) is 1. The van der Waals surface area contributed by atoms with Gasteiger partial charge in [-0.15, -0.1) is 0 Å². The molecular weight excluding hydrogens is 260 g/mol. The van der Waals surface area contributed by atoms with E-state index in [0.29, 0.717) is 0 Å². The molecule has 1 aromatic heterocycles. The summed E-state index contributed by atoms with van der Waals surface area (Å²) < 4.78 is 1.66. The van der Waals surface area contributed by atoms with E-state index >= 15 is 0 Å². The summed E-state index contributed by atoms with van der Waals surface area (Å²) in [5, 5.41) is 0. The minimum absolute atomic E-state index is 0.115. The Kier molecular flexibility index (Phi) is 3.26. The number of imidazole rings is 1. The Hall–Kier alpha value is -2.55. The van der Waals surface area contributed by atoms with Crippen LogP contribution in [-0.4, -0.2) is 9.55 Å². The summed E-state index contributed by atoms with van der Waals surface area (Å²) in [7, 11) is 0. The lowest BCUT2D eigenvalue weighted by atomic mass is 10.1. The number of nitrogens with zero attached hydrogens (tertiary/aromatic N) is 1. The van der Waals surface area contributed by atoms with Crippen molar-refractivity contribution in [1.29, 1.82) is 0 Å². The Balaban J connectivity index is 2.09. The number of aromatic amines is 1. The fraction of sp³-hybridized carbons (Fsp3) is 0.167.